The highest BCUT2D eigenvalue weighted by atomic mass is 16.5. The van der Waals surface area contributed by atoms with Gasteiger partial charge in [-0.25, -0.2) is 4.79 Å². The van der Waals surface area contributed by atoms with E-state index in [2.05, 4.69) is 23.5 Å². The molecule has 2 unspecified atom stereocenters. The first-order chi connectivity index (χ1) is 8.60. The van der Waals surface area contributed by atoms with E-state index in [1.54, 1.807) is 0 Å². The summed E-state index contributed by atoms with van der Waals surface area (Å²) < 4.78 is 4.69. The normalized spacial score (nSPS) is 24.2. The molecule has 1 aromatic carbocycles. The summed E-state index contributed by atoms with van der Waals surface area (Å²) in [5.74, 6) is 1.28. The van der Waals surface area contributed by atoms with E-state index in [0.717, 1.165) is 18.4 Å². The van der Waals surface area contributed by atoms with Gasteiger partial charge in [0, 0.05) is 19.6 Å². The molecule has 0 N–H and O–H groups in total. The molecule has 0 aromatic heterocycles. The van der Waals surface area contributed by atoms with Crippen LogP contribution in [0.15, 0.2) is 24.3 Å². The van der Waals surface area contributed by atoms with E-state index in [-0.39, 0.29) is 5.97 Å². The molecule has 1 heterocycles. The van der Waals surface area contributed by atoms with E-state index in [1.165, 1.54) is 25.8 Å². The lowest BCUT2D eigenvalue weighted by Gasteiger charge is -2.15. The zero-order chi connectivity index (χ0) is 13.1. The van der Waals surface area contributed by atoms with Crippen LogP contribution < -0.4 is 0 Å². The molecular weight excluding hydrogens is 226 g/mol. The molecule has 0 aliphatic carbocycles. The first-order valence-electron chi connectivity index (χ1n) is 6.49. The van der Waals surface area contributed by atoms with Crippen LogP contribution in [-0.4, -0.2) is 31.1 Å². The predicted octanol–water partition coefficient (Wildman–Crippen LogP) is 2.56. The maximum atomic E-state index is 11.3. The van der Waals surface area contributed by atoms with Crippen molar-refractivity contribution in [1.82, 2.24) is 4.90 Å². The molecule has 0 spiro atoms. The van der Waals surface area contributed by atoms with Gasteiger partial charge in [0.15, 0.2) is 0 Å². The van der Waals surface area contributed by atoms with E-state index in [0.29, 0.717) is 5.56 Å². The van der Waals surface area contributed by atoms with Crippen molar-refractivity contribution in [2.45, 2.75) is 20.4 Å². The van der Waals surface area contributed by atoms with E-state index < -0.39 is 0 Å². The van der Waals surface area contributed by atoms with Crippen molar-refractivity contribution in [1.29, 1.82) is 0 Å². The molecule has 1 saturated heterocycles. The molecule has 0 bridgehead atoms. The zero-order valence-corrected chi connectivity index (χ0v) is 11.3. The Morgan fingerprint density at radius 1 is 1.22 bits per heavy atom. The summed E-state index contributed by atoms with van der Waals surface area (Å²) in [6, 6.07) is 7.70. The van der Waals surface area contributed by atoms with Gasteiger partial charge in [0.2, 0.25) is 0 Å². The smallest absolute Gasteiger partial charge is 0.337 e. The van der Waals surface area contributed by atoms with Gasteiger partial charge >= 0.3 is 5.97 Å². The molecular formula is C15H21NO2. The van der Waals surface area contributed by atoms with E-state index in [9.17, 15) is 4.79 Å². The highest BCUT2D eigenvalue weighted by molar-refractivity contribution is 5.89. The van der Waals surface area contributed by atoms with E-state index in [4.69, 9.17) is 0 Å². The molecule has 3 heteroatoms. The van der Waals surface area contributed by atoms with Crippen molar-refractivity contribution in [3.8, 4) is 0 Å². The van der Waals surface area contributed by atoms with Gasteiger partial charge in [-0.3, -0.25) is 4.90 Å². The average Bonchev–Trinajstić information content (AvgIpc) is 2.68. The lowest BCUT2D eigenvalue weighted by molar-refractivity contribution is 0.0600. The fourth-order valence-electron chi connectivity index (χ4n) is 2.50. The van der Waals surface area contributed by atoms with Crippen molar-refractivity contribution >= 4 is 5.97 Å². The first kappa shape index (κ1) is 13.1. The molecule has 98 valence electrons. The minimum absolute atomic E-state index is 0.273. The van der Waals surface area contributed by atoms with Crippen LogP contribution in [0.4, 0.5) is 0 Å². The summed E-state index contributed by atoms with van der Waals surface area (Å²) >= 11 is 0. The monoisotopic (exact) mass is 247 g/mol. The predicted molar refractivity (Wildman–Crippen MR) is 71.4 cm³/mol. The highest BCUT2D eigenvalue weighted by Crippen LogP contribution is 2.23. The van der Waals surface area contributed by atoms with Gasteiger partial charge in [0.1, 0.15) is 0 Å². The zero-order valence-electron chi connectivity index (χ0n) is 11.3. The summed E-state index contributed by atoms with van der Waals surface area (Å²) in [5.41, 5.74) is 1.87. The number of likely N-dealkylation sites (tertiary alicyclic amines) is 1. The number of carbonyl (C=O) groups is 1. The number of benzene rings is 1. The molecule has 0 radical (unpaired) electrons. The largest absolute Gasteiger partial charge is 0.465 e. The summed E-state index contributed by atoms with van der Waals surface area (Å²) in [6.45, 7) is 7.92. The fraction of sp³-hybridized carbons (Fsp3) is 0.533. The van der Waals surface area contributed by atoms with Crippen molar-refractivity contribution in [2.24, 2.45) is 11.8 Å². The summed E-state index contributed by atoms with van der Waals surface area (Å²) in [6.07, 6.45) is 0. The Morgan fingerprint density at radius 3 is 2.28 bits per heavy atom. The van der Waals surface area contributed by atoms with Crippen LogP contribution in [0, 0.1) is 11.8 Å². The van der Waals surface area contributed by atoms with Gasteiger partial charge in [-0.2, -0.15) is 0 Å². The number of nitrogens with zero attached hydrogens (tertiary/aromatic N) is 1. The number of hydrogen-bond donors (Lipinski definition) is 0. The third-order valence-corrected chi connectivity index (χ3v) is 3.84. The number of hydrogen-bond acceptors (Lipinski definition) is 3. The third kappa shape index (κ3) is 2.91. The van der Waals surface area contributed by atoms with Crippen molar-refractivity contribution in [3.05, 3.63) is 35.4 Å². The first-order valence-corrected chi connectivity index (χ1v) is 6.49. The Bertz CT molecular complexity index is 403. The van der Waals surface area contributed by atoms with Crippen molar-refractivity contribution in [3.63, 3.8) is 0 Å². The Hall–Kier alpha value is -1.35. The maximum Gasteiger partial charge on any atom is 0.337 e. The van der Waals surface area contributed by atoms with Gasteiger partial charge in [-0.1, -0.05) is 26.0 Å². The van der Waals surface area contributed by atoms with Gasteiger partial charge < -0.3 is 4.74 Å². The van der Waals surface area contributed by atoms with Gasteiger partial charge in [-0.15, -0.1) is 0 Å². The van der Waals surface area contributed by atoms with E-state index >= 15 is 0 Å². The molecule has 18 heavy (non-hydrogen) atoms. The molecule has 2 rings (SSSR count). The fourth-order valence-corrected chi connectivity index (χ4v) is 2.50. The van der Waals surface area contributed by atoms with Crippen LogP contribution in [0.5, 0.6) is 0 Å². The Labute approximate surface area is 109 Å². The lowest BCUT2D eigenvalue weighted by atomic mass is 10.0. The number of esters is 1. The number of methoxy groups -OCH3 is 1. The second kappa shape index (κ2) is 5.53. The Morgan fingerprint density at radius 2 is 1.78 bits per heavy atom. The molecule has 0 saturated carbocycles. The molecule has 3 nitrogen and oxygen atoms in total. The van der Waals surface area contributed by atoms with Crippen molar-refractivity contribution < 1.29 is 9.53 Å². The van der Waals surface area contributed by atoms with Crippen LogP contribution in [0.3, 0.4) is 0 Å². The minimum atomic E-state index is -0.273. The second-order valence-electron chi connectivity index (χ2n) is 5.34. The van der Waals surface area contributed by atoms with Gasteiger partial charge in [0.25, 0.3) is 0 Å². The maximum absolute atomic E-state index is 11.3. The summed E-state index contributed by atoms with van der Waals surface area (Å²) in [5, 5.41) is 0. The SMILES string of the molecule is COC(=O)c1ccc(CN2CC(C)C(C)C2)cc1. The molecule has 2 atom stereocenters. The van der Waals surface area contributed by atoms with Crippen LogP contribution in [-0.2, 0) is 11.3 Å². The molecule has 1 aliphatic heterocycles. The summed E-state index contributed by atoms with van der Waals surface area (Å²) in [7, 11) is 1.41. The van der Waals surface area contributed by atoms with Gasteiger partial charge in [-0.05, 0) is 29.5 Å². The number of ether oxygens (including phenoxy) is 1. The van der Waals surface area contributed by atoms with Crippen LogP contribution in [0.1, 0.15) is 29.8 Å². The second-order valence-corrected chi connectivity index (χ2v) is 5.34. The molecule has 1 aliphatic rings. The third-order valence-electron chi connectivity index (χ3n) is 3.84. The quantitative estimate of drug-likeness (QED) is 0.769. The van der Waals surface area contributed by atoms with Crippen molar-refractivity contribution in [2.75, 3.05) is 20.2 Å². The lowest BCUT2D eigenvalue weighted by Crippen LogP contribution is -2.20. The van der Waals surface area contributed by atoms with E-state index in [1.807, 2.05) is 24.3 Å². The molecule has 1 aromatic rings. The average molecular weight is 247 g/mol. The highest BCUT2D eigenvalue weighted by Gasteiger charge is 2.25. The van der Waals surface area contributed by atoms with Gasteiger partial charge in [0.05, 0.1) is 12.7 Å². The standard InChI is InChI=1S/C15H21NO2/c1-11-8-16(9-12(11)2)10-13-4-6-14(7-5-13)15(17)18-3/h4-7,11-12H,8-10H2,1-3H3. The summed E-state index contributed by atoms with van der Waals surface area (Å²) in [4.78, 5) is 13.8. The molecule has 0 amide bonds. The van der Waals surface area contributed by atoms with Crippen LogP contribution >= 0.6 is 0 Å². The number of rotatable bonds is 3. The Kier molecular flexibility index (Phi) is 4.02. The Balaban J connectivity index is 1.97. The number of carbonyl (C=O) groups excluding carboxylic acids is 1. The van der Waals surface area contributed by atoms with Crippen LogP contribution in [0.25, 0.3) is 0 Å². The minimum Gasteiger partial charge on any atom is -0.465 e. The van der Waals surface area contributed by atoms with Crippen LogP contribution in [0.2, 0.25) is 0 Å². The topological polar surface area (TPSA) is 29.5 Å². The molecule has 1 fully saturated rings.